The van der Waals surface area contributed by atoms with Crippen LogP contribution in [0.15, 0.2) is 18.2 Å². The largest absolute Gasteiger partial charge is 0.508 e. The van der Waals surface area contributed by atoms with Gasteiger partial charge in [0.1, 0.15) is 12.3 Å². The fourth-order valence-electron chi connectivity index (χ4n) is 1.01. The number of carbonyl (C=O) groups is 2. The molecule has 5 nitrogen and oxygen atoms in total. The van der Waals surface area contributed by atoms with E-state index in [1.54, 1.807) is 13.0 Å². The number of hydrogen-bond donors (Lipinski definition) is 3. The van der Waals surface area contributed by atoms with E-state index >= 15 is 0 Å². The Morgan fingerprint density at radius 3 is 2.60 bits per heavy atom. The van der Waals surface area contributed by atoms with E-state index in [0.717, 1.165) is 0 Å². The number of amides is 1. The molecule has 0 saturated carbocycles. The van der Waals surface area contributed by atoms with Gasteiger partial charge in [-0.15, -0.1) is 0 Å². The van der Waals surface area contributed by atoms with Gasteiger partial charge in [-0.1, -0.05) is 6.07 Å². The van der Waals surface area contributed by atoms with Crippen molar-refractivity contribution in [3.05, 3.63) is 29.3 Å². The molecule has 0 aliphatic heterocycles. The van der Waals surface area contributed by atoms with Crippen molar-refractivity contribution in [2.45, 2.75) is 6.92 Å². The molecule has 0 unspecified atom stereocenters. The lowest BCUT2D eigenvalue weighted by Gasteiger charge is -2.04. The second-order valence-electron chi connectivity index (χ2n) is 3.08. The first-order valence-electron chi connectivity index (χ1n) is 4.30. The zero-order chi connectivity index (χ0) is 11.4. The molecule has 15 heavy (non-hydrogen) atoms. The lowest BCUT2D eigenvalue weighted by molar-refractivity contribution is -0.135. The molecule has 0 aliphatic rings. The number of aryl methyl sites for hydroxylation is 1. The van der Waals surface area contributed by atoms with Crippen molar-refractivity contribution in [1.29, 1.82) is 0 Å². The van der Waals surface area contributed by atoms with Crippen molar-refractivity contribution < 1.29 is 19.8 Å². The summed E-state index contributed by atoms with van der Waals surface area (Å²) in [5, 5.41) is 19.9. The molecule has 0 atom stereocenters. The third-order valence-electron chi connectivity index (χ3n) is 1.87. The van der Waals surface area contributed by atoms with Gasteiger partial charge in [-0.3, -0.25) is 9.59 Å². The number of nitrogens with one attached hydrogen (secondary N) is 1. The fourth-order valence-corrected chi connectivity index (χ4v) is 1.01. The highest BCUT2D eigenvalue weighted by atomic mass is 16.4. The van der Waals surface area contributed by atoms with E-state index in [9.17, 15) is 14.7 Å². The van der Waals surface area contributed by atoms with Crippen molar-refractivity contribution in [2.24, 2.45) is 0 Å². The Bertz CT molecular complexity index is 400. The molecule has 80 valence electrons. The maximum absolute atomic E-state index is 11.3. The van der Waals surface area contributed by atoms with Crippen LogP contribution in [0.4, 0.5) is 0 Å². The maximum Gasteiger partial charge on any atom is 0.322 e. The Kier molecular flexibility index (Phi) is 3.28. The fraction of sp³-hybridized carbons (Fsp3) is 0.200. The number of carboxylic acid groups (broad SMARTS) is 1. The molecule has 0 bridgehead atoms. The summed E-state index contributed by atoms with van der Waals surface area (Å²) in [6, 6.07) is 4.41. The number of phenolic OH excluding ortho intramolecular Hbond substituents is 1. The number of carbonyl (C=O) groups excluding carboxylic acids is 1. The van der Waals surface area contributed by atoms with Crippen molar-refractivity contribution in [1.82, 2.24) is 5.32 Å². The van der Waals surface area contributed by atoms with Gasteiger partial charge in [-0.05, 0) is 24.6 Å². The summed E-state index contributed by atoms with van der Waals surface area (Å²) >= 11 is 0. The van der Waals surface area contributed by atoms with Gasteiger partial charge in [0.2, 0.25) is 0 Å². The van der Waals surface area contributed by atoms with E-state index < -0.39 is 18.4 Å². The summed E-state index contributed by atoms with van der Waals surface area (Å²) in [6.45, 7) is 1.27. The van der Waals surface area contributed by atoms with Gasteiger partial charge in [0, 0.05) is 5.56 Å². The first-order chi connectivity index (χ1) is 7.00. The standard InChI is InChI=1S/C10H11NO4/c1-6-2-3-7(4-8(6)12)10(15)11-5-9(13)14/h2-4,12H,5H2,1H3,(H,11,15)(H,13,14). The molecule has 0 heterocycles. The smallest absolute Gasteiger partial charge is 0.322 e. The lowest BCUT2D eigenvalue weighted by atomic mass is 10.1. The SMILES string of the molecule is Cc1ccc(C(=O)NCC(=O)O)cc1O. The number of aliphatic carboxylic acids is 1. The molecular formula is C10H11NO4. The molecule has 3 N–H and O–H groups in total. The molecule has 0 aromatic heterocycles. The van der Waals surface area contributed by atoms with Gasteiger partial charge in [0.15, 0.2) is 0 Å². The van der Waals surface area contributed by atoms with Gasteiger partial charge < -0.3 is 15.5 Å². The Morgan fingerprint density at radius 2 is 2.07 bits per heavy atom. The molecule has 1 rings (SSSR count). The summed E-state index contributed by atoms with van der Waals surface area (Å²) in [5.41, 5.74) is 0.893. The van der Waals surface area contributed by atoms with Crippen molar-refractivity contribution >= 4 is 11.9 Å². The number of hydrogen-bond acceptors (Lipinski definition) is 3. The van der Waals surface area contributed by atoms with E-state index in [0.29, 0.717) is 5.56 Å². The summed E-state index contributed by atoms with van der Waals surface area (Å²) in [7, 11) is 0. The van der Waals surface area contributed by atoms with Crippen LogP contribution in [-0.2, 0) is 4.79 Å². The van der Waals surface area contributed by atoms with E-state index in [2.05, 4.69) is 5.32 Å². The van der Waals surface area contributed by atoms with Crippen LogP contribution in [-0.4, -0.2) is 28.6 Å². The topological polar surface area (TPSA) is 86.6 Å². The molecule has 1 aromatic rings. The van der Waals surface area contributed by atoms with Crippen LogP contribution in [0, 0.1) is 6.92 Å². The van der Waals surface area contributed by atoms with Gasteiger partial charge in [-0.25, -0.2) is 0 Å². The molecule has 0 spiro atoms. The zero-order valence-corrected chi connectivity index (χ0v) is 8.15. The molecule has 1 aromatic carbocycles. The van der Waals surface area contributed by atoms with E-state index in [1.807, 2.05) is 0 Å². The summed E-state index contributed by atoms with van der Waals surface area (Å²) in [6.07, 6.45) is 0. The third kappa shape index (κ3) is 2.98. The van der Waals surface area contributed by atoms with E-state index in [4.69, 9.17) is 5.11 Å². The molecule has 0 fully saturated rings. The lowest BCUT2D eigenvalue weighted by Crippen LogP contribution is -2.29. The van der Waals surface area contributed by atoms with E-state index in [1.165, 1.54) is 12.1 Å². The Hall–Kier alpha value is -2.04. The average molecular weight is 209 g/mol. The number of aromatic hydroxyl groups is 1. The average Bonchev–Trinajstić information content (AvgIpc) is 2.18. The van der Waals surface area contributed by atoms with Crippen LogP contribution in [0.5, 0.6) is 5.75 Å². The van der Waals surface area contributed by atoms with E-state index in [-0.39, 0.29) is 11.3 Å². The predicted octanol–water partition coefficient (Wildman–Crippen LogP) is 0.515. The minimum atomic E-state index is -1.11. The first kappa shape index (κ1) is 11.0. The van der Waals surface area contributed by atoms with Crippen LogP contribution < -0.4 is 5.32 Å². The highest BCUT2D eigenvalue weighted by Gasteiger charge is 2.08. The van der Waals surface area contributed by atoms with Crippen molar-refractivity contribution in [3.63, 3.8) is 0 Å². The van der Waals surface area contributed by atoms with Gasteiger partial charge in [-0.2, -0.15) is 0 Å². The van der Waals surface area contributed by atoms with Crippen LogP contribution in [0.25, 0.3) is 0 Å². The number of phenols is 1. The first-order valence-corrected chi connectivity index (χ1v) is 4.30. The Balaban J connectivity index is 2.74. The summed E-state index contributed by atoms with van der Waals surface area (Å²) in [5.74, 6) is -1.62. The van der Waals surface area contributed by atoms with Crippen LogP contribution in [0.1, 0.15) is 15.9 Å². The quantitative estimate of drug-likeness (QED) is 0.677. The molecule has 5 heteroatoms. The highest BCUT2D eigenvalue weighted by Crippen LogP contribution is 2.17. The minimum Gasteiger partial charge on any atom is -0.508 e. The second-order valence-corrected chi connectivity index (χ2v) is 3.08. The zero-order valence-electron chi connectivity index (χ0n) is 8.15. The minimum absolute atomic E-state index is 0.0120. The molecule has 1 amide bonds. The normalized spacial score (nSPS) is 9.67. The Morgan fingerprint density at radius 1 is 1.40 bits per heavy atom. The number of benzene rings is 1. The van der Waals surface area contributed by atoms with Gasteiger partial charge in [0.05, 0.1) is 0 Å². The highest BCUT2D eigenvalue weighted by molar-refractivity contribution is 5.96. The van der Waals surface area contributed by atoms with Crippen LogP contribution >= 0.6 is 0 Å². The van der Waals surface area contributed by atoms with Crippen molar-refractivity contribution in [2.75, 3.05) is 6.54 Å². The van der Waals surface area contributed by atoms with Crippen LogP contribution in [0.3, 0.4) is 0 Å². The number of rotatable bonds is 3. The van der Waals surface area contributed by atoms with Gasteiger partial charge >= 0.3 is 5.97 Å². The molecule has 0 radical (unpaired) electrons. The maximum atomic E-state index is 11.3. The van der Waals surface area contributed by atoms with Crippen LogP contribution in [0.2, 0.25) is 0 Å². The number of carboxylic acids is 1. The van der Waals surface area contributed by atoms with Crippen molar-refractivity contribution in [3.8, 4) is 5.75 Å². The van der Waals surface area contributed by atoms with Gasteiger partial charge in [0.25, 0.3) is 5.91 Å². The summed E-state index contributed by atoms with van der Waals surface area (Å²) in [4.78, 5) is 21.5. The molecule has 0 saturated heterocycles. The monoisotopic (exact) mass is 209 g/mol. The predicted molar refractivity (Wildman–Crippen MR) is 52.8 cm³/mol. The molecule has 0 aliphatic carbocycles. The molecular weight excluding hydrogens is 198 g/mol. The third-order valence-corrected chi connectivity index (χ3v) is 1.87. The second kappa shape index (κ2) is 4.45. The Labute approximate surface area is 86.4 Å². The summed E-state index contributed by atoms with van der Waals surface area (Å²) < 4.78 is 0.